The summed E-state index contributed by atoms with van der Waals surface area (Å²) in [7, 11) is 0. The highest BCUT2D eigenvalue weighted by atomic mass is 35.5. The van der Waals surface area contributed by atoms with Gasteiger partial charge in [0, 0.05) is 23.7 Å². The van der Waals surface area contributed by atoms with E-state index in [4.69, 9.17) is 32.7 Å². The molecule has 0 saturated carbocycles. The van der Waals surface area contributed by atoms with Crippen LogP contribution in [0.1, 0.15) is 32.3 Å². The van der Waals surface area contributed by atoms with Gasteiger partial charge in [-0.25, -0.2) is 0 Å². The summed E-state index contributed by atoms with van der Waals surface area (Å²) in [5.41, 5.74) is 0.978. The van der Waals surface area contributed by atoms with Gasteiger partial charge in [0.25, 0.3) is 0 Å². The van der Waals surface area contributed by atoms with Crippen LogP contribution in [0, 0.1) is 0 Å². The molecule has 0 bridgehead atoms. The first kappa shape index (κ1) is 17.6. The maximum Gasteiger partial charge on any atom is 0.142 e. The zero-order valence-electron chi connectivity index (χ0n) is 12.2. The Bertz CT molecular complexity index is 400. The van der Waals surface area contributed by atoms with Crippen molar-refractivity contribution in [2.45, 2.75) is 33.2 Å². The lowest BCUT2D eigenvalue weighted by Crippen LogP contribution is -2.16. The normalized spacial score (nSPS) is 10.8. The molecule has 0 aromatic heterocycles. The van der Waals surface area contributed by atoms with Gasteiger partial charge < -0.3 is 14.8 Å². The zero-order valence-corrected chi connectivity index (χ0v) is 13.7. The first-order chi connectivity index (χ1) is 9.69. The number of benzene rings is 1. The van der Waals surface area contributed by atoms with Crippen LogP contribution in [0.15, 0.2) is 12.1 Å². The monoisotopic (exact) mass is 319 g/mol. The summed E-state index contributed by atoms with van der Waals surface area (Å²) in [6.45, 7) is 7.65. The van der Waals surface area contributed by atoms with Crippen molar-refractivity contribution >= 4 is 23.2 Å². The third-order valence-corrected chi connectivity index (χ3v) is 3.15. The van der Waals surface area contributed by atoms with Gasteiger partial charge in [-0.3, -0.25) is 0 Å². The van der Waals surface area contributed by atoms with E-state index in [2.05, 4.69) is 19.2 Å². The molecule has 0 aliphatic carbocycles. The molecule has 0 atom stereocenters. The lowest BCUT2D eigenvalue weighted by atomic mass is 10.2. The second-order valence-corrected chi connectivity index (χ2v) is 5.36. The Kier molecular flexibility index (Phi) is 9.03. The fourth-order valence-electron chi connectivity index (χ4n) is 1.76. The molecule has 114 valence electrons. The molecule has 0 spiro atoms. The molecule has 0 aliphatic rings. The van der Waals surface area contributed by atoms with Gasteiger partial charge in [0.05, 0.1) is 11.6 Å². The lowest BCUT2D eigenvalue weighted by molar-refractivity contribution is 0.100. The predicted molar refractivity (Wildman–Crippen MR) is 85.1 cm³/mol. The third-order valence-electron chi connectivity index (χ3n) is 2.65. The Morgan fingerprint density at radius 1 is 1.05 bits per heavy atom. The SMILES string of the molecule is CCCNCc1cc(Cl)cc(Cl)c1OCCOCCC. The molecule has 0 aliphatic heterocycles. The summed E-state index contributed by atoms with van der Waals surface area (Å²) in [6, 6.07) is 3.59. The van der Waals surface area contributed by atoms with Crippen LogP contribution in [0.5, 0.6) is 5.75 Å². The summed E-state index contributed by atoms with van der Waals surface area (Å²) in [5.74, 6) is 0.694. The van der Waals surface area contributed by atoms with Gasteiger partial charge in [-0.15, -0.1) is 0 Å². The molecule has 1 rings (SSSR count). The number of hydrogen-bond donors (Lipinski definition) is 1. The van der Waals surface area contributed by atoms with Gasteiger partial charge >= 0.3 is 0 Å². The first-order valence-electron chi connectivity index (χ1n) is 7.08. The van der Waals surface area contributed by atoms with Crippen LogP contribution >= 0.6 is 23.2 Å². The highest BCUT2D eigenvalue weighted by molar-refractivity contribution is 6.35. The van der Waals surface area contributed by atoms with E-state index >= 15 is 0 Å². The fourth-order valence-corrected chi connectivity index (χ4v) is 2.35. The van der Waals surface area contributed by atoms with Gasteiger partial charge in [0.2, 0.25) is 0 Å². The Hall–Kier alpha value is -0.480. The number of nitrogens with one attached hydrogen (secondary N) is 1. The second kappa shape index (κ2) is 10.3. The van der Waals surface area contributed by atoms with Gasteiger partial charge in [-0.2, -0.15) is 0 Å². The molecule has 1 N–H and O–H groups in total. The van der Waals surface area contributed by atoms with E-state index in [-0.39, 0.29) is 0 Å². The number of ether oxygens (including phenoxy) is 2. The molecule has 1 aromatic rings. The maximum atomic E-state index is 6.21. The summed E-state index contributed by atoms with van der Waals surface area (Å²) >= 11 is 12.3. The van der Waals surface area contributed by atoms with Crippen molar-refractivity contribution in [3.8, 4) is 5.75 Å². The van der Waals surface area contributed by atoms with E-state index in [9.17, 15) is 0 Å². The number of hydrogen-bond acceptors (Lipinski definition) is 3. The van der Waals surface area contributed by atoms with Crippen molar-refractivity contribution in [3.63, 3.8) is 0 Å². The quantitative estimate of drug-likeness (QED) is 0.652. The molecular formula is C15H23Cl2NO2. The zero-order chi connectivity index (χ0) is 14.8. The highest BCUT2D eigenvalue weighted by Gasteiger charge is 2.10. The Labute approximate surface area is 131 Å². The van der Waals surface area contributed by atoms with Gasteiger partial charge in [-0.05, 0) is 31.5 Å². The van der Waals surface area contributed by atoms with Crippen molar-refractivity contribution in [1.29, 1.82) is 0 Å². The van der Waals surface area contributed by atoms with Crippen LogP contribution in [-0.2, 0) is 11.3 Å². The van der Waals surface area contributed by atoms with E-state index in [1.807, 2.05) is 6.07 Å². The molecular weight excluding hydrogens is 297 g/mol. The van der Waals surface area contributed by atoms with Crippen molar-refractivity contribution in [3.05, 3.63) is 27.7 Å². The molecule has 0 fully saturated rings. The molecule has 0 heterocycles. The minimum Gasteiger partial charge on any atom is -0.489 e. The van der Waals surface area contributed by atoms with Crippen molar-refractivity contribution < 1.29 is 9.47 Å². The summed E-state index contributed by atoms with van der Waals surface area (Å²) < 4.78 is 11.1. The second-order valence-electron chi connectivity index (χ2n) is 4.51. The van der Waals surface area contributed by atoms with Crippen LogP contribution in [0.25, 0.3) is 0 Å². The molecule has 5 heteroatoms. The fraction of sp³-hybridized carbons (Fsp3) is 0.600. The average Bonchev–Trinajstić information content (AvgIpc) is 2.41. The predicted octanol–water partition coefficient (Wildman–Crippen LogP) is 4.30. The Balaban J connectivity index is 2.61. The van der Waals surface area contributed by atoms with Crippen molar-refractivity contribution in [1.82, 2.24) is 5.32 Å². The van der Waals surface area contributed by atoms with Gasteiger partial charge in [-0.1, -0.05) is 37.0 Å². The summed E-state index contributed by atoms with van der Waals surface area (Å²) in [5, 5.41) is 4.49. The van der Waals surface area contributed by atoms with E-state index in [0.717, 1.165) is 31.6 Å². The standard InChI is InChI=1S/C15H23Cl2NO2/c1-3-5-18-11-12-9-13(16)10-14(17)15(12)20-8-7-19-6-4-2/h9-10,18H,3-8,11H2,1-2H3. The van der Waals surface area contributed by atoms with Crippen LogP contribution in [0.4, 0.5) is 0 Å². The first-order valence-corrected chi connectivity index (χ1v) is 7.83. The van der Waals surface area contributed by atoms with Gasteiger partial charge in [0.15, 0.2) is 0 Å². The van der Waals surface area contributed by atoms with E-state index in [1.165, 1.54) is 0 Å². The Morgan fingerprint density at radius 2 is 1.85 bits per heavy atom. The summed E-state index contributed by atoms with van der Waals surface area (Å²) in [4.78, 5) is 0. The van der Waals surface area contributed by atoms with Crippen LogP contribution in [0.3, 0.4) is 0 Å². The topological polar surface area (TPSA) is 30.5 Å². The van der Waals surface area contributed by atoms with Gasteiger partial charge in [0.1, 0.15) is 12.4 Å². The van der Waals surface area contributed by atoms with E-state index in [1.54, 1.807) is 6.07 Å². The van der Waals surface area contributed by atoms with Crippen LogP contribution < -0.4 is 10.1 Å². The molecule has 0 unspecified atom stereocenters. The van der Waals surface area contributed by atoms with Crippen LogP contribution in [0.2, 0.25) is 10.0 Å². The molecule has 3 nitrogen and oxygen atoms in total. The highest BCUT2D eigenvalue weighted by Crippen LogP contribution is 2.32. The third kappa shape index (κ3) is 6.31. The molecule has 0 radical (unpaired) electrons. The Morgan fingerprint density at radius 3 is 2.55 bits per heavy atom. The van der Waals surface area contributed by atoms with E-state index in [0.29, 0.717) is 35.6 Å². The lowest BCUT2D eigenvalue weighted by Gasteiger charge is -2.14. The molecule has 0 amide bonds. The maximum absolute atomic E-state index is 6.21. The minimum absolute atomic E-state index is 0.488. The molecule has 0 saturated heterocycles. The van der Waals surface area contributed by atoms with E-state index < -0.39 is 0 Å². The average molecular weight is 320 g/mol. The number of rotatable bonds is 10. The number of halogens is 2. The molecule has 20 heavy (non-hydrogen) atoms. The summed E-state index contributed by atoms with van der Waals surface area (Å²) in [6.07, 6.45) is 2.09. The minimum atomic E-state index is 0.488. The van der Waals surface area contributed by atoms with Crippen molar-refractivity contribution in [2.24, 2.45) is 0 Å². The van der Waals surface area contributed by atoms with Crippen LogP contribution in [-0.4, -0.2) is 26.4 Å². The smallest absolute Gasteiger partial charge is 0.142 e. The van der Waals surface area contributed by atoms with Crippen molar-refractivity contribution in [2.75, 3.05) is 26.4 Å². The largest absolute Gasteiger partial charge is 0.489 e. The molecule has 1 aromatic carbocycles.